The van der Waals surface area contributed by atoms with E-state index >= 15 is 0 Å². The largest absolute Gasteiger partial charge is 0.493 e. The maximum atomic E-state index is 12.9. The third-order valence-electron chi connectivity index (χ3n) is 5.94. The van der Waals surface area contributed by atoms with Gasteiger partial charge in [-0.3, -0.25) is 19.3 Å². The Labute approximate surface area is 231 Å². The van der Waals surface area contributed by atoms with Gasteiger partial charge in [-0.25, -0.2) is 0 Å². The minimum Gasteiger partial charge on any atom is -0.493 e. The van der Waals surface area contributed by atoms with Crippen LogP contribution in [0.4, 0.5) is 10.5 Å². The smallest absolute Gasteiger partial charge is 0.293 e. The number of anilines is 1. The van der Waals surface area contributed by atoms with Crippen LogP contribution in [0.25, 0.3) is 6.08 Å². The number of ether oxygens (including phenoxy) is 3. The van der Waals surface area contributed by atoms with E-state index in [1.807, 2.05) is 55.5 Å². The van der Waals surface area contributed by atoms with E-state index in [0.29, 0.717) is 33.4 Å². The van der Waals surface area contributed by atoms with E-state index in [1.165, 1.54) is 17.6 Å². The van der Waals surface area contributed by atoms with Crippen molar-refractivity contribution in [3.8, 4) is 17.2 Å². The highest BCUT2D eigenvalue weighted by Crippen LogP contribution is 2.34. The second-order valence-corrected chi connectivity index (χ2v) is 9.79. The fraction of sp³-hybridized carbons (Fsp3) is 0.233. The first-order valence-electron chi connectivity index (χ1n) is 12.5. The summed E-state index contributed by atoms with van der Waals surface area (Å²) < 4.78 is 16.8. The number of imide groups is 1. The van der Waals surface area contributed by atoms with Crippen molar-refractivity contribution >= 4 is 40.6 Å². The Bertz CT molecular complexity index is 1390. The molecule has 4 rings (SSSR count). The number of hydrogen-bond donors (Lipinski definition) is 1. The highest BCUT2D eigenvalue weighted by atomic mass is 32.2. The lowest BCUT2D eigenvalue weighted by molar-refractivity contribution is -0.123. The summed E-state index contributed by atoms with van der Waals surface area (Å²) in [5.74, 6) is 0.795. The summed E-state index contributed by atoms with van der Waals surface area (Å²) >= 11 is 0.878. The van der Waals surface area contributed by atoms with Crippen molar-refractivity contribution in [2.45, 2.75) is 20.3 Å². The molecule has 0 aliphatic carbocycles. The second kappa shape index (κ2) is 13.0. The van der Waals surface area contributed by atoms with Crippen LogP contribution in [0.5, 0.6) is 17.2 Å². The summed E-state index contributed by atoms with van der Waals surface area (Å²) in [6, 6.07) is 20.3. The van der Waals surface area contributed by atoms with E-state index in [2.05, 4.69) is 12.2 Å². The summed E-state index contributed by atoms with van der Waals surface area (Å²) in [6.45, 7) is 4.18. The van der Waals surface area contributed by atoms with Gasteiger partial charge >= 0.3 is 0 Å². The highest BCUT2D eigenvalue weighted by molar-refractivity contribution is 8.18. The van der Waals surface area contributed by atoms with Crippen LogP contribution in [0.2, 0.25) is 0 Å². The van der Waals surface area contributed by atoms with Gasteiger partial charge in [0, 0.05) is 5.69 Å². The monoisotopic (exact) mass is 546 g/mol. The number of amides is 3. The van der Waals surface area contributed by atoms with Crippen molar-refractivity contribution in [3.05, 3.63) is 88.3 Å². The predicted molar refractivity (Wildman–Crippen MR) is 152 cm³/mol. The Balaban J connectivity index is 1.34. The molecule has 1 aliphatic heterocycles. The Kier molecular flexibility index (Phi) is 9.27. The van der Waals surface area contributed by atoms with Crippen LogP contribution in [0.15, 0.2) is 71.6 Å². The second-order valence-electron chi connectivity index (χ2n) is 8.80. The van der Waals surface area contributed by atoms with Gasteiger partial charge in [0.15, 0.2) is 18.1 Å². The molecule has 1 fully saturated rings. The van der Waals surface area contributed by atoms with Gasteiger partial charge in [-0.2, -0.15) is 0 Å². The quantitative estimate of drug-likeness (QED) is 0.308. The molecule has 1 saturated heterocycles. The lowest BCUT2D eigenvalue weighted by Crippen LogP contribution is -2.32. The third-order valence-corrected chi connectivity index (χ3v) is 6.84. The lowest BCUT2D eigenvalue weighted by Gasteiger charge is -2.13. The minimum absolute atomic E-state index is 0.150. The van der Waals surface area contributed by atoms with Crippen molar-refractivity contribution in [1.82, 2.24) is 4.90 Å². The third kappa shape index (κ3) is 7.42. The fourth-order valence-corrected chi connectivity index (χ4v) is 4.73. The van der Waals surface area contributed by atoms with E-state index in [9.17, 15) is 14.4 Å². The molecule has 0 radical (unpaired) electrons. The van der Waals surface area contributed by atoms with Crippen LogP contribution in [0.3, 0.4) is 0 Å². The molecule has 9 heteroatoms. The molecule has 3 aromatic carbocycles. The Morgan fingerprint density at radius 1 is 1.00 bits per heavy atom. The summed E-state index contributed by atoms with van der Waals surface area (Å²) in [5.41, 5.74) is 3.60. The number of rotatable bonds is 11. The van der Waals surface area contributed by atoms with Gasteiger partial charge in [-0.15, -0.1) is 0 Å². The number of thioether (sulfide) groups is 1. The van der Waals surface area contributed by atoms with E-state index < -0.39 is 0 Å². The van der Waals surface area contributed by atoms with E-state index in [4.69, 9.17) is 14.2 Å². The van der Waals surface area contributed by atoms with Gasteiger partial charge in [0.1, 0.15) is 12.4 Å². The SMILES string of the molecule is CCc1ccc(NC(=O)COc2ccc(/C=C3\SC(=O)N(CCOc4cccc(C)c4)C3=O)cc2OC)cc1. The van der Waals surface area contributed by atoms with Crippen LogP contribution in [-0.2, 0) is 16.0 Å². The number of nitrogens with zero attached hydrogens (tertiary/aromatic N) is 1. The van der Waals surface area contributed by atoms with Crippen LogP contribution in [-0.4, -0.2) is 48.8 Å². The zero-order chi connectivity index (χ0) is 27.8. The number of carbonyl (C=O) groups is 3. The first-order valence-corrected chi connectivity index (χ1v) is 13.3. The Morgan fingerprint density at radius 2 is 1.79 bits per heavy atom. The first kappa shape index (κ1) is 27.8. The molecule has 0 spiro atoms. The molecule has 39 heavy (non-hydrogen) atoms. The summed E-state index contributed by atoms with van der Waals surface area (Å²) in [5, 5.41) is 2.45. The van der Waals surface area contributed by atoms with E-state index in [1.54, 1.807) is 24.3 Å². The number of hydrogen-bond acceptors (Lipinski definition) is 7. The number of aryl methyl sites for hydroxylation is 2. The molecule has 3 amide bonds. The average Bonchev–Trinajstić information content (AvgIpc) is 3.20. The molecular weight excluding hydrogens is 516 g/mol. The zero-order valence-electron chi connectivity index (χ0n) is 22.1. The summed E-state index contributed by atoms with van der Waals surface area (Å²) in [7, 11) is 1.49. The molecule has 0 bridgehead atoms. The van der Waals surface area contributed by atoms with Crippen molar-refractivity contribution in [2.24, 2.45) is 0 Å². The molecule has 1 N–H and O–H groups in total. The molecule has 3 aromatic rings. The first-order chi connectivity index (χ1) is 18.9. The van der Waals surface area contributed by atoms with Crippen molar-refractivity contribution in [3.63, 3.8) is 0 Å². The van der Waals surface area contributed by atoms with Crippen molar-refractivity contribution < 1.29 is 28.6 Å². The van der Waals surface area contributed by atoms with Gasteiger partial charge in [0.2, 0.25) is 0 Å². The van der Waals surface area contributed by atoms with Crippen LogP contribution < -0.4 is 19.5 Å². The number of nitrogens with one attached hydrogen (secondary N) is 1. The fourth-order valence-electron chi connectivity index (χ4n) is 3.86. The molecule has 0 unspecified atom stereocenters. The maximum absolute atomic E-state index is 12.9. The molecule has 0 aromatic heterocycles. The zero-order valence-corrected chi connectivity index (χ0v) is 22.9. The van der Waals surface area contributed by atoms with Gasteiger partial charge in [0.25, 0.3) is 17.1 Å². The topological polar surface area (TPSA) is 94.2 Å². The number of methoxy groups -OCH3 is 1. The standard InChI is InChI=1S/C30H30N2O6S/c1-4-21-8-11-23(12-9-21)31-28(33)19-38-25-13-10-22(17-26(25)36-3)18-27-29(34)32(30(35)39-27)14-15-37-24-7-5-6-20(2)16-24/h5-13,16-18H,4,14-15,19H2,1-3H3,(H,31,33)/b27-18-. The Hall–Kier alpha value is -4.24. The van der Waals surface area contributed by atoms with Gasteiger partial charge in [0.05, 0.1) is 18.6 Å². The minimum atomic E-state index is -0.374. The van der Waals surface area contributed by atoms with E-state index in [0.717, 1.165) is 23.7 Å². The number of carbonyl (C=O) groups excluding carboxylic acids is 3. The molecule has 1 aliphatic rings. The molecule has 8 nitrogen and oxygen atoms in total. The van der Waals surface area contributed by atoms with Gasteiger partial charge in [-0.1, -0.05) is 37.3 Å². The molecule has 0 saturated carbocycles. The number of benzene rings is 3. The van der Waals surface area contributed by atoms with E-state index in [-0.39, 0.29) is 36.8 Å². The average molecular weight is 547 g/mol. The Morgan fingerprint density at radius 3 is 2.51 bits per heavy atom. The predicted octanol–water partition coefficient (Wildman–Crippen LogP) is 5.70. The molecule has 1 heterocycles. The molecular formula is C30H30N2O6S. The highest BCUT2D eigenvalue weighted by Gasteiger charge is 2.34. The lowest BCUT2D eigenvalue weighted by atomic mass is 10.1. The van der Waals surface area contributed by atoms with Crippen molar-refractivity contribution in [2.75, 3.05) is 32.2 Å². The molecule has 202 valence electrons. The van der Waals surface area contributed by atoms with Crippen LogP contribution in [0.1, 0.15) is 23.6 Å². The van der Waals surface area contributed by atoms with Gasteiger partial charge < -0.3 is 19.5 Å². The van der Waals surface area contributed by atoms with Crippen molar-refractivity contribution in [1.29, 1.82) is 0 Å². The maximum Gasteiger partial charge on any atom is 0.293 e. The molecule has 0 atom stereocenters. The summed E-state index contributed by atoms with van der Waals surface area (Å²) in [4.78, 5) is 39.1. The van der Waals surface area contributed by atoms with Crippen LogP contribution >= 0.6 is 11.8 Å². The summed E-state index contributed by atoms with van der Waals surface area (Å²) in [6.07, 6.45) is 2.56. The van der Waals surface area contributed by atoms with Crippen LogP contribution in [0, 0.1) is 6.92 Å². The normalized spacial score (nSPS) is 14.0. The van der Waals surface area contributed by atoms with Gasteiger partial charge in [-0.05, 0) is 84.3 Å².